The number of rotatable bonds is 4. The summed E-state index contributed by atoms with van der Waals surface area (Å²) in [6.45, 7) is 5.10. The minimum Gasteiger partial charge on any atom is -0.350 e. The molecule has 2 aromatic heterocycles. The Bertz CT molecular complexity index is 528. The zero-order valence-electron chi connectivity index (χ0n) is 10.6. The van der Waals surface area contributed by atoms with Crippen molar-refractivity contribution in [3.05, 3.63) is 12.4 Å². The molecule has 0 spiro atoms. The minimum atomic E-state index is 0.431. The highest BCUT2D eigenvalue weighted by molar-refractivity contribution is 5.73. The van der Waals surface area contributed by atoms with Gasteiger partial charge in [-0.2, -0.15) is 10.1 Å². The van der Waals surface area contributed by atoms with Crippen LogP contribution in [0.1, 0.15) is 19.8 Å². The molecule has 2 aromatic rings. The molecular formula is C12H18N6. The molecule has 1 aliphatic heterocycles. The number of hydrogen-bond acceptors (Lipinski definition) is 5. The van der Waals surface area contributed by atoms with E-state index in [1.165, 1.54) is 0 Å². The van der Waals surface area contributed by atoms with Crippen LogP contribution in [0, 0.1) is 0 Å². The van der Waals surface area contributed by atoms with Crippen molar-refractivity contribution in [2.75, 3.05) is 18.4 Å². The van der Waals surface area contributed by atoms with E-state index in [9.17, 15) is 0 Å². The Morgan fingerprint density at radius 2 is 2.50 bits per heavy atom. The van der Waals surface area contributed by atoms with Crippen LogP contribution in [0.4, 0.5) is 5.95 Å². The highest BCUT2D eigenvalue weighted by atomic mass is 15.3. The first kappa shape index (κ1) is 11.4. The lowest BCUT2D eigenvalue weighted by atomic mass is 10.3. The van der Waals surface area contributed by atoms with Gasteiger partial charge in [-0.1, -0.05) is 6.92 Å². The molecule has 0 aliphatic carbocycles. The summed E-state index contributed by atoms with van der Waals surface area (Å²) in [6.07, 6.45) is 6.03. The maximum atomic E-state index is 4.46. The van der Waals surface area contributed by atoms with Gasteiger partial charge in [0.05, 0.1) is 5.39 Å². The van der Waals surface area contributed by atoms with Gasteiger partial charge in [0.2, 0.25) is 5.95 Å². The lowest BCUT2D eigenvalue weighted by Gasteiger charge is -2.09. The molecule has 0 unspecified atom stereocenters. The molecule has 2 N–H and O–H groups in total. The van der Waals surface area contributed by atoms with Crippen molar-refractivity contribution >= 4 is 17.0 Å². The minimum absolute atomic E-state index is 0.431. The normalized spacial score (nSPS) is 19.5. The number of fused-ring (bicyclic) bond motifs is 1. The Balaban J connectivity index is 1.80. The largest absolute Gasteiger partial charge is 0.350 e. The average molecular weight is 246 g/mol. The first-order valence-corrected chi connectivity index (χ1v) is 6.52. The van der Waals surface area contributed by atoms with E-state index >= 15 is 0 Å². The second-order valence-corrected chi connectivity index (χ2v) is 4.70. The molecule has 3 rings (SSSR count). The van der Waals surface area contributed by atoms with Crippen LogP contribution in [0.2, 0.25) is 0 Å². The summed E-state index contributed by atoms with van der Waals surface area (Å²) in [5, 5.41) is 12.1. The van der Waals surface area contributed by atoms with Gasteiger partial charge < -0.3 is 10.6 Å². The van der Waals surface area contributed by atoms with Crippen molar-refractivity contribution in [1.29, 1.82) is 0 Å². The summed E-state index contributed by atoms with van der Waals surface area (Å²) in [7, 11) is 0. The summed E-state index contributed by atoms with van der Waals surface area (Å²) in [5.74, 6) is 0.679. The number of anilines is 1. The second-order valence-electron chi connectivity index (χ2n) is 4.70. The molecule has 1 saturated heterocycles. The summed E-state index contributed by atoms with van der Waals surface area (Å²) < 4.78 is 1.93. The molecule has 0 amide bonds. The van der Waals surface area contributed by atoms with Crippen LogP contribution < -0.4 is 10.6 Å². The number of nitrogens with one attached hydrogen (secondary N) is 2. The number of aromatic nitrogens is 4. The van der Waals surface area contributed by atoms with Gasteiger partial charge in [0.15, 0.2) is 5.65 Å². The summed E-state index contributed by atoms with van der Waals surface area (Å²) in [5.41, 5.74) is 0.770. The van der Waals surface area contributed by atoms with Crippen LogP contribution in [-0.4, -0.2) is 38.9 Å². The topological polar surface area (TPSA) is 67.7 Å². The average Bonchev–Trinajstić information content (AvgIpc) is 2.98. The van der Waals surface area contributed by atoms with Gasteiger partial charge in [-0.25, -0.2) is 4.98 Å². The van der Waals surface area contributed by atoms with Crippen LogP contribution in [0.5, 0.6) is 0 Å². The van der Waals surface area contributed by atoms with Gasteiger partial charge in [-0.15, -0.1) is 0 Å². The lowest BCUT2D eigenvalue weighted by Crippen LogP contribution is -2.23. The van der Waals surface area contributed by atoms with E-state index in [4.69, 9.17) is 0 Å². The lowest BCUT2D eigenvalue weighted by molar-refractivity contribution is 0.607. The number of hydrogen-bond donors (Lipinski definition) is 2. The molecule has 0 aromatic carbocycles. The highest BCUT2D eigenvalue weighted by Crippen LogP contribution is 2.12. The molecule has 18 heavy (non-hydrogen) atoms. The fourth-order valence-corrected chi connectivity index (χ4v) is 2.24. The fourth-order valence-electron chi connectivity index (χ4n) is 2.24. The Kier molecular flexibility index (Phi) is 3.10. The van der Waals surface area contributed by atoms with Gasteiger partial charge in [-0.3, -0.25) is 4.68 Å². The molecule has 0 saturated carbocycles. The van der Waals surface area contributed by atoms with Crippen LogP contribution in [0.15, 0.2) is 12.4 Å². The Morgan fingerprint density at radius 1 is 1.56 bits per heavy atom. The predicted octanol–water partition coefficient (Wildman–Crippen LogP) is 1.01. The van der Waals surface area contributed by atoms with Crippen LogP contribution >= 0.6 is 0 Å². The van der Waals surface area contributed by atoms with E-state index in [0.29, 0.717) is 12.0 Å². The van der Waals surface area contributed by atoms with Crippen LogP contribution in [-0.2, 0) is 6.54 Å². The van der Waals surface area contributed by atoms with Crippen molar-refractivity contribution in [2.45, 2.75) is 32.4 Å². The summed E-state index contributed by atoms with van der Waals surface area (Å²) in [4.78, 5) is 8.80. The SMILES string of the molecule is CCCn1cc2cnc(N[C@@H]3CCNC3)nc2n1. The van der Waals surface area contributed by atoms with Crippen molar-refractivity contribution < 1.29 is 0 Å². The van der Waals surface area contributed by atoms with Crippen molar-refractivity contribution in [2.24, 2.45) is 0 Å². The molecule has 0 bridgehead atoms. The van der Waals surface area contributed by atoms with Gasteiger partial charge in [0, 0.05) is 31.5 Å². The molecule has 1 atom stereocenters. The summed E-state index contributed by atoms with van der Waals surface area (Å²) >= 11 is 0. The smallest absolute Gasteiger partial charge is 0.225 e. The first-order chi connectivity index (χ1) is 8.85. The van der Waals surface area contributed by atoms with Gasteiger partial charge in [0.1, 0.15) is 0 Å². The first-order valence-electron chi connectivity index (χ1n) is 6.52. The quantitative estimate of drug-likeness (QED) is 0.842. The van der Waals surface area contributed by atoms with Crippen molar-refractivity contribution in [3.8, 4) is 0 Å². The zero-order chi connectivity index (χ0) is 12.4. The van der Waals surface area contributed by atoms with Crippen molar-refractivity contribution in [3.63, 3.8) is 0 Å². The Labute approximate surface area is 106 Å². The molecule has 1 fully saturated rings. The molecular weight excluding hydrogens is 228 g/mol. The van der Waals surface area contributed by atoms with E-state index < -0.39 is 0 Å². The Morgan fingerprint density at radius 3 is 3.28 bits per heavy atom. The van der Waals surface area contributed by atoms with E-state index in [2.05, 4.69) is 32.6 Å². The van der Waals surface area contributed by atoms with Crippen molar-refractivity contribution in [1.82, 2.24) is 25.1 Å². The van der Waals surface area contributed by atoms with E-state index in [-0.39, 0.29) is 0 Å². The molecule has 96 valence electrons. The van der Waals surface area contributed by atoms with Gasteiger partial charge in [-0.05, 0) is 19.4 Å². The molecule has 0 radical (unpaired) electrons. The molecule has 1 aliphatic rings. The van der Waals surface area contributed by atoms with Gasteiger partial charge in [0.25, 0.3) is 0 Å². The predicted molar refractivity (Wildman–Crippen MR) is 70.5 cm³/mol. The maximum absolute atomic E-state index is 4.46. The second kappa shape index (κ2) is 4.89. The van der Waals surface area contributed by atoms with E-state index in [1.54, 1.807) is 0 Å². The number of aryl methyl sites for hydroxylation is 1. The van der Waals surface area contributed by atoms with E-state index in [1.807, 2.05) is 17.1 Å². The van der Waals surface area contributed by atoms with Gasteiger partial charge >= 0.3 is 0 Å². The monoisotopic (exact) mass is 246 g/mol. The van der Waals surface area contributed by atoms with Crippen LogP contribution in [0.3, 0.4) is 0 Å². The highest BCUT2D eigenvalue weighted by Gasteiger charge is 2.15. The standard InChI is InChI=1S/C12H18N6/c1-2-5-18-8-9-6-14-12(16-11(9)17-18)15-10-3-4-13-7-10/h6,8,10,13H,2-5,7H2,1H3,(H,15,16,17)/t10-/m1/s1. The molecule has 6 nitrogen and oxygen atoms in total. The molecule has 3 heterocycles. The van der Waals surface area contributed by atoms with E-state index in [0.717, 1.165) is 43.5 Å². The third kappa shape index (κ3) is 2.28. The summed E-state index contributed by atoms with van der Waals surface area (Å²) in [6, 6.07) is 0.431. The third-order valence-corrected chi connectivity index (χ3v) is 3.15. The number of nitrogens with zero attached hydrogens (tertiary/aromatic N) is 4. The third-order valence-electron chi connectivity index (χ3n) is 3.15. The Hall–Kier alpha value is -1.69. The fraction of sp³-hybridized carbons (Fsp3) is 0.583. The molecule has 6 heteroatoms. The maximum Gasteiger partial charge on any atom is 0.225 e. The van der Waals surface area contributed by atoms with Crippen LogP contribution in [0.25, 0.3) is 11.0 Å². The zero-order valence-corrected chi connectivity index (χ0v) is 10.6.